The van der Waals surface area contributed by atoms with Crippen LogP contribution in [-0.2, 0) is 0 Å². The number of hydrogen-bond donors (Lipinski definition) is 2. The largest absolute Gasteiger partial charge is 0.506 e. The Labute approximate surface area is 114 Å². The summed E-state index contributed by atoms with van der Waals surface area (Å²) in [6.45, 7) is 5.43. The van der Waals surface area contributed by atoms with Crippen molar-refractivity contribution in [3.8, 4) is 5.75 Å². The molecular weight excluding hydrogens is 246 g/mol. The molecule has 0 heterocycles. The Morgan fingerprint density at radius 2 is 2.22 bits per heavy atom. The Bertz CT molecular complexity index is 456. The average Bonchev–Trinajstić information content (AvgIpc) is 2.29. The van der Waals surface area contributed by atoms with Crippen molar-refractivity contribution in [2.45, 2.75) is 26.7 Å². The minimum absolute atomic E-state index is 0.132. The molecule has 0 aromatic heterocycles. The Hall–Kier alpha value is -1.15. The Kier molecular flexibility index (Phi) is 4.18. The van der Waals surface area contributed by atoms with Crippen molar-refractivity contribution in [1.82, 2.24) is 0 Å². The molecule has 98 valence electrons. The van der Waals surface area contributed by atoms with Crippen LogP contribution < -0.4 is 5.32 Å². The van der Waals surface area contributed by atoms with E-state index in [0.29, 0.717) is 16.9 Å². The predicted molar refractivity (Wildman–Crippen MR) is 77.3 cm³/mol. The van der Waals surface area contributed by atoms with Crippen LogP contribution in [0.5, 0.6) is 5.75 Å². The molecule has 1 aromatic carbocycles. The minimum atomic E-state index is 0.132. The monoisotopic (exact) mass is 265 g/mol. The summed E-state index contributed by atoms with van der Waals surface area (Å²) in [7, 11) is 0. The first-order chi connectivity index (χ1) is 8.54. The molecule has 0 spiro atoms. The van der Waals surface area contributed by atoms with Gasteiger partial charge >= 0.3 is 0 Å². The van der Waals surface area contributed by atoms with Crippen LogP contribution in [0.25, 0.3) is 0 Å². The number of aromatic hydroxyl groups is 1. The first-order valence-corrected chi connectivity index (χ1v) is 6.82. The summed E-state index contributed by atoms with van der Waals surface area (Å²) < 4.78 is 0. The van der Waals surface area contributed by atoms with E-state index in [1.54, 1.807) is 12.1 Å². The maximum atomic E-state index is 9.36. The number of phenols is 1. The summed E-state index contributed by atoms with van der Waals surface area (Å²) in [5.41, 5.74) is 2.46. The third-order valence-corrected chi connectivity index (χ3v) is 3.73. The molecule has 2 atom stereocenters. The molecule has 3 heteroatoms. The van der Waals surface area contributed by atoms with Crippen molar-refractivity contribution in [2.75, 3.05) is 11.9 Å². The molecule has 0 bridgehead atoms. The zero-order valence-corrected chi connectivity index (χ0v) is 11.7. The van der Waals surface area contributed by atoms with Crippen LogP contribution in [0, 0.1) is 11.8 Å². The summed E-state index contributed by atoms with van der Waals surface area (Å²) in [6, 6.07) is 5.25. The smallest absolute Gasteiger partial charge is 0.134 e. The lowest BCUT2D eigenvalue weighted by Gasteiger charge is -2.26. The van der Waals surface area contributed by atoms with Crippen LogP contribution in [0.4, 0.5) is 5.69 Å². The van der Waals surface area contributed by atoms with E-state index in [4.69, 9.17) is 11.6 Å². The average molecular weight is 266 g/mol. The van der Waals surface area contributed by atoms with Gasteiger partial charge in [-0.3, -0.25) is 0 Å². The first-order valence-electron chi connectivity index (χ1n) is 6.44. The van der Waals surface area contributed by atoms with Crippen LogP contribution in [-0.4, -0.2) is 11.7 Å². The van der Waals surface area contributed by atoms with Crippen molar-refractivity contribution in [3.63, 3.8) is 0 Å². The van der Waals surface area contributed by atoms with Crippen molar-refractivity contribution < 1.29 is 5.11 Å². The van der Waals surface area contributed by atoms with Gasteiger partial charge in [0.15, 0.2) is 0 Å². The summed E-state index contributed by atoms with van der Waals surface area (Å²) in [5.74, 6) is 1.49. The molecule has 2 rings (SSSR count). The van der Waals surface area contributed by atoms with Crippen LogP contribution >= 0.6 is 11.6 Å². The maximum Gasteiger partial charge on any atom is 0.134 e. The van der Waals surface area contributed by atoms with E-state index in [1.165, 1.54) is 18.4 Å². The minimum Gasteiger partial charge on any atom is -0.506 e. The van der Waals surface area contributed by atoms with Gasteiger partial charge in [0.25, 0.3) is 0 Å². The van der Waals surface area contributed by atoms with Gasteiger partial charge in [-0.1, -0.05) is 30.2 Å². The zero-order valence-electron chi connectivity index (χ0n) is 10.9. The Balaban J connectivity index is 1.92. The molecule has 2 nitrogen and oxygen atoms in total. The lowest BCUT2D eigenvalue weighted by Crippen LogP contribution is -2.20. The molecule has 18 heavy (non-hydrogen) atoms. The second kappa shape index (κ2) is 5.66. The van der Waals surface area contributed by atoms with Gasteiger partial charge in [-0.05, 0) is 49.8 Å². The molecule has 1 aromatic rings. The number of benzene rings is 1. The van der Waals surface area contributed by atoms with Crippen LogP contribution in [0.15, 0.2) is 29.8 Å². The quantitative estimate of drug-likeness (QED) is 0.625. The van der Waals surface area contributed by atoms with Gasteiger partial charge in [-0.25, -0.2) is 0 Å². The molecule has 0 aliphatic heterocycles. The molecule has 0 fully saturated rings. The molecule has 0 radical (unpaired) electrons. The number of anilines is 1. The summed E-state index contributed by atoms with van der Waals surface area (Å²) >= 11 is 5.88. The van der Waals surface area contributed by atoms with E-state index in [-0.39, 0.29) is 5.75 Å². The SMILES string of the molecule is CC1=CC(C)CC(CNc2ccc(O)c(Cl)c2)C1. The van der Waals surface area contributed by atoms with Crippen molar-refractivity contribution in [1.29, 1.82) is 0 Å². The fourth-order valence-electron chi connectivity index (χ4n) is 2.72. The molecule has 2 N–H and O–H groups in total. The van der Waals surface area contributed by atoms with E-state index < -0.39 is 0 Å². The summed E-state index contributed by atoms with van der Waals surface area (Å²) in [6.07, 6.45) is 4.77. The van der Waals surface area contributed by atoms with Crippen molar-refractivity contribution in [2.24, 2.45) is 11.8 Å². The van der Waals surface area contributed by atoms with E-state index in [1.807, 2.05) is 6.07 Å². The Morgan fingerprint density at radius 3 is 2.89 bits per heavy atom. The van der Waals surface area contributed by atoms with Gasteiger partial charge in [-0.2, -0.15) is 0 Å². The molecule has 0 amide bonds. The van der Waals surface area contributed by atoms with E-state index >= 15 is 0 Å². The van der Waals surface area contributed by atoms with Gasteiger partial charge in [-0.15, -0.1) is 0 Å². The summed E-state index contributed by atoms with van der Waals surface area (Å²) in [4.78, 5) is 0. The first kappa shape index (κ1) is 13.3. The molecule has 1 aliphatic carbocycles. The van der Waals surface area contributed by atoms with Crippen molar-refractivity contribution in [3.05, 3.63) is 34.9 Å². The highest BCUT2D eigenvalue weighted by Crippen LogP contribution is 2.29. The van der Waals surface area contributed by atoms with E-state index in [2.05, 4.69) is 25.2 Å². The highest BCUT2D eigenvalue weighted by Gasteiger charge is 2.17. The second-order valence-corrected chi connectivity index (χ2v) is 5.75. The van der Waals surface area contributed by atoms with Crippen LogP contribution in [0.3, 0.4) is 0 Å². The standard InChI is InChI=1S/C15H20ClNO/c1-10-5-11(2)7-12(6-10)9-17-13-3-4-15(18)14(16)8-13/h3-5,8,10,12,17-18H,6-7,9H2,1-2H3. The number of rotatable bonds is 3. The molecule has 0 saturated carbocycles. The highest BCUT2D eigenvalue weighted by atomic mass is 35.5. The lowest BCUT2D eigenvalue weighted by atomic mass is 9.84. The predicted octanol–water partition coefficient (Wildman–Crippen LogP) is 4.45. The number of nitrogens with one attached hydrogen (secondary N) is 1. The van der Waals surface area contributed by atoms with Crippen LogP contribution in [0.2, 0.25) is 5.02 Å². The van der Waals surface area contributed by atoms with Gasteiger partial charge in [0, 0.05) is 12.2 Å². The number of halogens is 1. The molecule has 2 unspecified atom stereocenters. The second-order valence-electron chi connectivity index (χ2n) is 5.34. The Morgan fingerprint density at radius 1 is 1.44 bits per heavy atom. The maximum absolute atomic E-state index is 9.36. The number of allylic oxidation sites excluding steroid dienone is 2. The highest BCUT2D eigenvalue weighted by molar-refractivity contribution is 6.32. The fraction of sp³-hybridized carbons (Fsp3) is 0.467. The lowest BCUT2D eigenvalue weighted by molar-refractivity contribution is 0.421. The van der Waals surface area contributed by atoms with Gasteiger partial charge in [0.2, 0.25) is 0 Å². The zero-order chi connectivity index (χ0) is 13.1. The van der Waals surface area contributed by atoms with E-state index in [0.717, 1.165) is 12.2 Å². The number of hydrogen-bond acceptors (Lipinski definition) is 2. The number of phenolic OH excluding ortho intramolecular Hbond substituents is 1. The fourth-order valence-corrected chi connectivity index (χ4v) is 2.90. The third kappa shape index (κ3) is 3.42. The molecular formula is C15H20ClNO. The van der Waals surface area contributed by atoms with Gasteiger partial charge in [0.1, 0.15) is 5.75 Å². The van der Waals surface area contributed by atoms with Crippen molar-refractivity contribution >= 4 is 17.3 Å². The molecule has 0 saturated heterocycles. The van der Waals surface area contributed by atoms with E-state index in [9.17, 15) is 5.11 Å². The van der Waals surface area contributed by atoms with Gasteiger partial charge in [0.05, 0.1) is 5.02 Å². The van der Waals surface area contributed by atoms with Crippen LogP contribution in [0.1, 0.15) is 26.7 Å². The normalized spacial score (nSPS) is 23.6. The third-order valence-electron chi connectivity index (χ3n) is 3.43. The summed E-state index contributed by atoms with van der Waals surface area (Å²) in [5, 5.41) is 13.2. The van der Waals surface area contributed by atoms with Gasteiger partial charge < -0.3 is 10.4 Å². The molecule has 1 aliphatic rings. The topological polar surface area (TPSA) is 32.3 Å².